The predicted octanol–water partition coefficient (Wildman–Crippen LogP) is 0.229. The Morgan fingerprint density at radius 1 is 0.383 bits per heavy atom. The summed E-state index contributed by atoms with van der Waals surface area (Å²) in [5.41, 5.74) is 0. The highest BCUT2D eigenvalue weighted by Crippen LogP contribution is 2.27. The van der Waals surface area contributed by atoms with Crippen LogP contribution in [0.2, 0.25) is 0 Å². The summed E-state index contributed by atoms with van der Waals surface area (Å²) in [5.74, 6) is -0.909. The van der Waals surface area contributed by atoms with E-state index < -0.39 is 73.8 Å². The molecule has 15 unspecified atom stereocenters. The van der Waals surface area contributed by atoms with E-state index in [4.69, 9.17) is 43.7 Å². The van der Waals surface area contributed by atoms with Crippen molar-refractivity contribution in [1.29, 1.82) is 0 Å². The van der Waals surface area contributed by atoms with Gasteiger partial charge < -0.3 is 74.4 Å². The van der Waals surface area contributed by atoms with E-state index in [0.29, 0.717) is 0 Å². The maximum Gasteiger partial charge on any atom is 0.162 e. The van der Waals surface area contributed by atoms with Gasteiger partial charge in [0.2, 0.25) is 0 Å². The van der Waals surface area contributed by atoms with E-state index in [0.717, 1.165) is 0 Å². The number of methoxy groups -OCH3 is 3. The fraction of sp³-hybridized carbons (Fsp3) is 1.00. The molecule has 3 heterocycles. The second kappa shape index (κ2) is 31.4. The van der Waals surface area contributed by atoms with E-state index in [1.54, 1.807) is 20.8 Å². The van der Waals surface area contributed by atoms with Gasteiger partial charge in [-0.3, -0.25) is 0 Å². The van der Waals surface area contributed by atoms with E-state index in [1.165, 1.54) is 21.3 Å². The van der Waals surface area contributed by atoms with Gasteiger partial charge in [-0.05, 0) is 0 Å². The van der Waals surface area contributed by atoms with Crippen LogP contribution in [0.1, 0.15) is 76.2 Å². The summed E-state index contributed by atoms with van der Waals surface area (Å²) < 4.78 is 30.4. The molecule has 0 aromatic heterocycles. The molecule has 0 spiro atoms. The van der Waals surface area contributed by atoms with E-state index in [2.05, 4.69) is 0 Å². The molecule has 15 heteroatoms. The zero-order valence-corrected chi connectivity index (χ0v) is 31.3. The van der Waals surface area contributed by atoms with Crippen LogP contribution < -0.4 is 0 Å². The Labute approximate surface area is 283 Å². The Bertz CT molecular complexity index is 518. The van der Waals surface area contributed by atoms with Gasteiger partial charge in [-0.15, -0.1) is 0 Å². The van der Waals surface area contributed by atoms with Crippen molar-refractivity contribution in [3.8, 4) is 0 Å². The van der Waals surface area contributed by atoms with Crippen molar-refractivity contribution in [2.75, 3.05) is 41.2 Å². The molecule has 0 amide bonds. The molecule has 0 saturated carbocycles. The summed E-state index contributed by atoms with van der Waals surface area (Å²) in [5, 5.41) is 83.4. The number of rotatable bonds is 6. The van der Waals surface area contributed by atoms with Gasteiger partial charge >= 0.3 is 0 Å². The van der Waals surface area contributed by atoms with E-state index in [1.807, 2.05) is 55.4 Å². The largest absolute Gasteiger partial charge is 0.394 e. The van der Waals surface area contributed by atoms with Crippen LogP contribution >= 0.6 is 0 Å². The van der Waals surface area contributed by atoms with Crippen molar-refractivity contribution in [2.24, 2.45) is 17.8 Å². The van der Waals surface area contributed by atoms with Crippen LogP contribution in [0, 0.1) is 17.8 Å². The van der Waals surface area contributed by atoms with Gasteiger partial charge in [0.15, 0.2) is 18.9 Å². The summed E-state index contributed by atoms with van der Waals surface area (Å²) >= 11 is 0. The molecule has 9 N–H and O–H groups in total. The Kier molecular flexibility index (Phi) is 35.5. The van der Waals surface area contributed by atoms with Gasteiger partial charge in [0.1, 0.15) is 36.6 Å². The third-order valence-electron chi connectivity index (χ3n) is 7.26. The lowest BCUT2D eigenvalue weighted by molar-refractivity contribution is -0.274. The van der Waals surface area contributed by atoms with Crippen molar-refractivity contribution in [1.82, 2.24) is 0 Å². The number of hydrogen-bond acceptors (Lipinski definition) is 15. The maximum absolute atomic E-state index is 9.53. The van der Waals surface area contributed by atoms with E-state index in [-0.39, 0.29) is 37.6 Å². The minimum Gasteiger partial charge on any atom is -0.394 e. The van der Waals surface area contributed by atoms with Crippen molar-refractivity contribution in [3.63, 3.8) is 0 Å². The molecule has 15 nitrogen and oxygen atoms in total. The Hall–Kier alpha value is -0.600. The summed E-state index contributed by atoms with van der Waals surface area (Å²) in [6.45, 7) is 20.2. The number of ether oxygens (including phenoxy) is 6. The molecule has 0 aliphatic carbocycles. The Morgan fingerprint density at radius 3 is 0.681 bits per heavy atom. The van der Waals surface area contributed by atoms with Crippen LogP contribution in [-0.2, 0) is 28.4 Å². The highest BCUT2D eigenvalue weighted by Gasteiger charge is 2.43. The first-order chi connectivity index (χ1) is 22.3. The summed E-state index contributed by atoms with van der Waals surface area (Å²) in [4.78, 5) is 0. The second-order valence-electron chi connectivity index (χ2n) is 9.90. The fourth-order valence-electron chi connectivity index (χ4n) is 4.47. The third-order valence-corrected chi connectivity index (χ3v) is 7.26. The smallest absolute Gasteiger partial charge is 0.162 e. The number of aliphatic hydroxyl groups excluding tert-OH is 9. The fourth-order valence-corrected chi connectivity index (χ4v) is 4.47. The maximum atomic E-state index is 9.53. The van der Waals surface area contributed by atoms with Crippen molar-refractivity contribution < 1.29 is 74.4 Å². The van der Waals surface area contributed by atoms with E-state index >= 15 is 0 Å². The number of hydrogen-bond donors (Lipinski definition) is 9. The minimum absolute atomic E-state index is 0.303. The lowest BCUT2D eigenvalue weighted by Crippen LogP contribution is -2.55. The number of aliphatic hydroxyl groups is 9. The first-order valence-corrected chi connectivity index (χ1v) is 16.8. The van der Waals surface area contributed by atoms with Gasteiger partial charge in [-0.25, -0.2) is 0 Å². The molecule has 15 atom stereocenters. The molecule has 3 saturated heterocycles. The van der Waals surface area contributed by atoms with Crippen LogP contribution in [0.25, 0.3) is 0 Å². The highest BCUT2D eigenvalue weighted by molar-refractivity contribution is 4.88. The first-order valence-electron chi connectivity index (χ1n) is 16.8. The predicted molar refractivity (Wildman–Crippen MR) is 177 cm³/mol. The monoisotopic (exact) mass is 696 g/mol. The Morgan fingerprint density at radius 2 is 0.553 bits per heavy atom. The molecule has 3 aliphatic heterocycles. The molecule has 3 aliphatic rings. The average molecular weight is 697 g/mol. The molecule has 3 fully saturated rings. The van der Waals surface area contributed by atoms with Gasteiger partial charge in [-0.2, -0.15) is 0 Å². The zero-order chi connectivity index (χ0) is 38.0. The van der Waals surface area contributed by atoms with Gasteiger partial charge in [-0.1, -0.05) is 76.2 Å². The van der Waals surface area contributed by atoms with Gasteiger partial charge in [0.05, 0.1) is 38.1 Å². The standard InChI is InChI=1S/3C8H16O5.4C2H6/c3*1-4-6(10)7(11)5(3-9)13-8(4)12-2;4*1-2/h3*4-11H,3H2,1-2H3;4*1-2H3. The molecular formula is C32H72O15. The molecular weight excluding hydrogens is 624 g/mol. The lowest BCUT2D eigenvalue weighted by atomic mass is 9.93. The van der Waals surface area contributed by atoms with Gasteiger partial charge in [0, 0.05) is 39.1 Å². The topological polar surface area (TPSA) is 237 Å². The van der Waals surface area contributed by atoms with Crippen LogP contribution in [0.3, 0.4) is 0 Å². The minimum atomic E-state index is -1.05. The van der Waals surface area contributed by atoms with Crippen molar-refractivity contribution in [3.05, 3.63) is 0 Å². The quantitative estimate of drug-likeness (QED) is 0.181. The lowest BCUT2D eigenvalue weighted by Gasteiger charge is -2.40. The molecule has 0 bridgehead atoms. The molecule has 290 valence electrons. The van der Waals surface area contributed by atoms with Crippen molar-refractivity contribution in [2.45, 2.75) is 150 Å². The Balaban J connectivity index is -0.000000266. The van der Waals surface area contributed by atoms with Crippen LogP contribution in [0.15, 0.2) is 0 Å². The molecule has 3 rings (SSSR count). The highest BCUT2D eigenvalue weighted by atomic mass is 16.7. The van der Waals surface area contributed by atoms with Crippen LogP contribution in [0.5, 0.6) is 0 Å². The van der Waals surface area contributed by atoms with Gasteiger partial charge in [0.25, 0.3) is 0 Å². The molecule has 0 aromatic rings. The van der Waals surface area contributed by atoms with Crippen molar-refractivity contribution >= 4 is 0 Å². The molecule has 0 radical (unpaired) electrons. The normalized spacial score (nSPS) is 39.0. The zero-order valence-electron chi connectivity index (χ0n) is 31.3. The van der Waals surface area contributed by atoms with E-state index in [9.17, 15) is 30.6 Å². The summed E-state index contributed by atoms with van der Waals surface area (Å²) in [6, 6.07) is 0. The summed E-state index contributed by atoms with van der Waals surface area (Å²) in [6.07, 6.45) is -9.93. The SMILES string of the molecule is CC.CC.CC.CC.COC1OC(CO)C(O)C(O)C1C.COC1OC(CO)C(O)C(O)C1C.COC1OC(CO)C(O)C(O)C1C. The second-order valence-corrected chi connectivity index (χ2v) is 9.90. The average Bonchev–Trinajstić information content (AvgIpc) is 3.13. The van der Waals surface area contributed by atoms with Crippen LogP contribution in [0.4, 0.5) is 0 Å². The van der Waals surface area contributed by atoms with Crippen LogP contribution in [-0.4, -0.2) is 161 Å². The summed E-state index contributed by atoms with van der Waals surface area (Å²) in [7, 11) is 4.38. The molecule has 0 aromatic carbocycles. The third kappa shape index (κ3) is 16.8. The first kappa shape index (κ1) is 53.2. The molecule has 47 heavy (non-hydrogen) atoms.